The van der Waals surface area contributed by atoms with E-state index in [9.17, 15) is 4.79 Å². The zero-order chi connectivity index (χ0) is 7.65. The third-order valence-corrected chi connectivity index (χ3v) is 1.98. The molecule has 0 radical (unpaired) electrons. The number of likely N-dealkylation sites (N-methyl/N-ethyl adjacent to an activating group) is 1. The molecule has 0 atom stereocenters. The Morgan fingerprint density at radius 1 is 1.33 bits per heavy atom. The minimum absolute atomic E-state index is 0.201. The molecule has 0 aromatic heterocycles. The third-order valence-electron chi connectivity index (χ3n) is 1.98. The number of Topliss-reactive ketones (excluding diaryl/α,β-unsaturated/α-hetero) is 1. The summed E-state index contributed by atoms with van der Waals surface area (Å²) < 4.78 is 0. The molecular weight excluding hydrogens is 114 g/mol. The lowest BCUT2D eigenvalue weighted by molar-refractivity contribution is -0.125. The van der Waals surface area contributed by atoms with E-state index in [1.807, 2.05) is 32.8 Å². The van der Waals surface area contributed by atoms with Crippen molar-refractivity contribution in [2.24, 2.45) is 0 Å². The van der Waals surface area contributed by atoms with E-state index in [1.165, 1.54) is 0 Å². The first kappa shape index (κ1) is 8.63. The van der Waals surface area contributed by atoms with Crippen molar-refractivity contribution in [2.45, 2.75) is 26.3 Å². The lowest BCUT2D eigenvalue weighted by Gasteiger charge is -2.29. The molecule has 2 nitrogen and oxygen atoms in total. The van der Waals surface area contributed by atoms with Gasteiger partial charge in [0.1, 0.15) is 5.78 Å². The molecule has 9 heavy (non-hydrogen) atoms. The predicted octanol–water partition coefficient (Wildman–Crippen LogP) is 0.916. The summed E-state index contributed by atoms with van der Waals surface area (Å²) in [6, 6.07) is 0. The summed E-state index contributed by atoms with van der Waals surface area (Å²) in [5.74, 6) is 0.201. The van der Waals surface area contributed by atoms with Gasteiger partial charge in [-0.3, -0.25) is 9.69 Å². The van der Waals surface area contributed by atoms with Crippen LogP contribution in [0, 0.1) is 0 Å². The van der Waals surface area contributed by atoms with Crippen LogP contribution in [0.25, 0.3) is 0 Å². The Morgan fingerprint density at radius 3 is 1.67 bits per heavy atom. The fraction of sp³-hybridized carbons (Fsp3) is 0.857. The van der Waals surface area contributed by atoms with Crippen molar-refractivity contribution in [3.63, 3.8) is 0 Å². The molecule has 0 aliphatic carbocycles. The van der Waals surface area contributed by atoms with Crippen molar-refractivity contribution < 1.29 is 4.79 Å². The highest BCUT2D eigenvalue weighted by atomic mass is 16.1. The molecule has 0 spiro atoms. The normalized spacial score (nSPS) is 12.2. The lowest BCUT2D eigenvalue weighted by Crippen LogP contribution is -2.44. The molecule has 0 amide bonds. The Morgan fingerprint density at radius 2 is 1.67 bits per heavy atom. The molecule has 0 N–H and O–H groups in total. The number of hydrogen-bond donors (Lipinski definition) is 0. The summed E-state index contributed by atoms with van der Waals surface area (Å²) in [6.07, 6.45) is 0. The first-order valence-corrected chi connectivity index (χ1v) is 3.07. The Bertz CT molecular complexity index is 116. The largest absolute Gasteiger partial charge is 0.298 e. The average Bonchev–Trinajstić information content (AvgIpc) is 1.65. The predicted molar refractivity (Wildman–Crippen MR) is 38.4 cm³/mol. The molecule has 54 valence electrons. The summed E-state index contributed by atoms with van der Waals surface area (Å²) in [7, 11) is 3.81. The van der Waals surface area contributed by atoms with Gasteiger partial charge < -0.3 is 0 Å². The standard InChI is InChI=1S/C7H15NO/c1-6(9)7(2,3)8(4)5/h1-5H3. The van der Waals surface area contributed by atoms with E-state index in [0.29, 0.717) is 0 Å². The maximum absolute atomic E-state index is 10.9. The fourth-order valence-corrected chi connectivity index (χ4v) is 0.315. The third kappa shape index (κ3) is 1.79. The van der Waals surface area contributed by atoms with Gasteiger partial charge in [-0.05, 0) is 34.9 Å². The highest BCUT2D eigenvalue weighted by Gasteiger charge is 2.25. The summed E-state index contributed by atoms with van der Waals surface area (Å²) in [6.45, 7) is 5.44. The van der Waals surface area contributed by atoms with Crippen LogP contribution in [0.5, 0.6) is 0 Å². The van der Waals surface area contributed by atoms with Gasteiger partial charge in [-0.15, -0.1) is 0 Å². The second-order valence-electron chi connectivity index (χ2n) is 3.01. The molecule has 0 bridgehead atoms. The van der Waals surface area contributed by atoms with Crippen LogP contribution in [0.1, 0.15) is 20.8 Å². The highest BCUT2D eigenvalue weighted by molar-refractivity contribution is 5.84. The zero-order valence-corrected chi connectivity index (χ0v) is 6.86. The quantitative estimate of drug-likeness (QED) is 0.552. The Balaban J connectivity index is 4.19. The number of hydrogen-bond acceptors (Lipinski definition) is 2. The first-order chi connectivity index (χ1) is 3.89. The van der Waals surface area contributed by atoms with Gasteiger partial charge in [0, 0.05) is 0 Å². The van der Waals surface area contributed by atoms with Gasteiger partial charge in [0.05, 0.1) is 5.54 Å². The molecular formula is C7H15NO. The van der Waals surface area contributed by atoms with Gasteiger partial charge >= 0.3 is 0 Å². The smallest absolute Gasteiger partial charge is 0.149 e. The topological polar surface area (TPSA) is 20.3 Å². The van der Waals surface area contributed by atoms with Crippen LogP contribution in [-0.4, -0.2) is 30.3 Å². The van der Waals surface area contributed by atoms with Gasteiger partial charge in [0.15, 0.2) is 0 Å². The SMILES string of the molecule is CC(=O)C(C)(C)N(C)C. The molecule has 0 rings (SSSR count). The first-order valence-electron chi connectivity index (χ1n) is 3.07. The van der Waals surface area contributed by atoms with E-state index in [0.717, 1.165) is 0 Å². The van der Waals surface area contributed by atoms with Crippen molar-refractivity contribution in [2.75, 3.05) is 14.1 Å². The van der Waals surface area contributed by atoms with Crippen LogP contribution in [-0.2, 0) is 4.79 Å². The van der Waals surface area contributed by atoms with E-state index >= 15 is 0 Å². The number of rotatable bonds is 2. The zero-order valence-electron chi connectivity index (χ0n) is 6.86. The molecule has 0 aliphatic rings. The summed E-state index contributed by atoms with van der Waals surface area (Å²) in [5, 5.41) is 0. The maximum atomic E-state index is 10.9. The summed E-state index contributed by atoms with van der Waals surface area (Å²) >= 11 is 0. The Kier molecular flexibility index (Phi) is 2.38. The molecule has 0 aromatic carbocycles. The minimum Gasteiger partial charge on any atom is -0.298 e. The molecule has 0 heterocycles. The van der Waals surface area contributed by atoms with E-state index in [4.69, 9.17) is 0 Å². The molecule has 0 aromatic rings. The van der Waals surface area contributed by atoms with Crippen molar-refractivity contribution in [3.8, 4) is 0 Å². The average molecular weight is 129 g/mol. The Hall–Kier alpha value is -0.370. The van der Waals surface area contributed by atoms with Crippen LogP contribution in [0.3, 0.4) is 0 Å². The second kappa shape index (κ2) is 2.48. The van der Waals surface area contributed by atoms with Crippen molar-refractivity contribution in [1.82, 2.24) is 4.90 Å². The maximum Gasteiger partial charge on any atom is 0.149 e. The van der Waals surface area contributed by atoms with Gasteiger partial charge in [0.2, 0.25) is 0 Å². The monoisotopic (exact) mass is 129 g/mol. The molecule has 2 heteroatoms. The van der Waals surface area contributed by atoms with Crippen LogP contribution < -0.4 is 0 Å². The molecule has 0 saturated heterocycles. The second-order valence-corrected chi connectivity index (χ2v) is 3.01. The molecule has 0 unspecified atom stereocenters. The van der Waals surface area contributed by atoms with Gasteiger partial charge in [0.25, 0.3) is 0 Å². The highest BCUT2D eigenvalue weighted by Crippen LogP contribution is 2.09. The van der Waals surface area contributed by atoms with E-state index in [2.05, 4.69) is 0 Å². The fourth-order valence-electron chi connectivity index (χ4n) is 0.315. The van der Waals surface area contributed by atoms with Crippen LogP contribution in [0.15, 0.2) is 0 Å². The van der Waals surface area contributed by atoms with Crippen molar-refractivity contribution >= 4 is 5.78 Å². The number of carbonyl (C=O) groups excluding carboxylic acids is 1. The number of nitrogens with zero attached hydrogens (tertiary/aromatic N) is 1. The van der Waals surface area contributed by atoms with Crippen LogP contribution in [0.2, 0.25) is 0 Å². The summed E-state index contributed by atoms with van der Waals surface area (Å²) in [4.78, 5) is 12.8. The van der Waals surface area contributed by atoms with Gasteiger partial charge in [-0.1, -0.05) is 0 Å². The van der Waals surface area contributed by atoms with Gasteiger partial charge in [-0.25, -0.2) is 0 Å². The number of ketones is 1. The van der Waals surface area contributed by atoms with Gasteiger partial charge in [-0.2, -0.15) is 0 Å². The number of carbonyl (C=O) groups is 1. The molecule has 0 saturated carbocycles. The van der Waals surface area contributed by atoms with E-state index in [-0.39, 0.29) is 11.3 Å². The van der Waals surface area contributed by atoms with E-state index < -0.39 is 0 Å². The van der Waals surface area contributed by atoms with Crippen LogP contribution in [0.4, 0.5) is 0 Å². The van der Waals surface area contributed by atoms with Crippen LogP contribution >= 0.6 is 0 Å². The Labute approximate surface area is 56.9 Å². The van der Waals surface area contributed by atoms with E-state index in [1.54, 1.807) is 6.92 Å². The molecule has 0 fully saturated rings. The van der Waals surface area contributed by atoms with Crippen molar-refractivity contribution in [3.05, 3.63) is 0 Å². The minimum atomic E-state index is -0.306. The molecule has 0 aliphatic heterocycles. The van der Waals surface area contributed by atoms with Crippen molar-refractivity contribution in [1.29, 1.82) is 0 Å². The lowest BCUT2D eigenvalue weighted by atomic mass is 9.99. The summed E-state index contributed by atoms with van der Waals surface area (Å²) in [5.41, 5.74) is -0.306.